The van der Waals surface area contributed by atoms with Crippen molar-refractivity contribution in [2.24, 2.45) is 4.99 Å². The Hall–Kier alpha value is -2.97. The largest absolute Gasteiger partial charge is 0.378 e. The van der Waals surface area contributed by atoms with Gasteiger partial charge in [-0.1, -0.05) is 31.5 Å². The highest BCUT2D eigenvalue weighted by atomic mass is 35.5. The van der Waals surface area contributed by atoms with Crippen LogP contribution in [0.1, 0.15) is 19.4 Å². The van der Waals surface area contributed by atoms with Gasteiger partial charge in [0.05, 0.1) is 36.3 Å². The number of ether oxygens (including phenoxy) is 1. The zero-order chi connectivity index (χ0) is 22.0. The third kappa shape index (κ3) is 4.00. The summed E-state index contributed by atoms with van der Waals surface area (Å²) in [7, 11) is 0. The lowest BCUT2D eigenvalue weighted by molar-refractivity contribution is 0.122. The molecular weight excluding hydrogens is 424 g/mol. The van der Waals surface area contributed by atoms with E-state index in [1.807, 2.05) is 32.0 Å². The van der Waals surface area contributed by atoms with Gasteiger partial charge >= 0.3 is 0 Å². The van der Waals surface area contributed by atoms with E-state index in [4.69, 9.17) is 16.3 Å². The Morgan fingerprint density at radius 3 is 2.48 bits per heavy atom. The third-order valence-electron chi connectivity index (χ3n) is 4.96. The van der Waals surface area contributed by atoms with Gasteiger partial charge in [-0.25, -0.2) is 18.5 Å². The number of fused-ring (bicyclic) bond motifs is 3. The van der Waals surface area contributed by atoms with Crippen molar-refractivity contribution in [2.75, 3.05) is 36.5 Å². The van der Waals surface area contributed by atoms with E-state index in [0.29, 0.717) is 30.4 Å². The third-order valence-corrected chi connectivity index (χ3v) is 5.22. The van der Waals surface area contributed by atoms with Crippen molar-refractivity contribution in [3.05, 3.63) is 64.8 Å². The minimum Gasteiger partial charge on any atom is -0.378 e. The summed E-state index contributed by atoms with van der Waals surface area (Å²) in [4.78, 5) is 6.61. The first-order valence-electron chi connectivity index (χ1n) is 10.1. The van der Waals surface area contributed by atoms with Crippen LogP contribution in [0.2, 0.25) is 5.02 Å². The summed E-state index contributed by atoms with van der Waals surface area (Å²) in [6.07, 6.45) is 1.46. The number of anilines is 2. The van der Waals surface area contributed by atoms with E-state index in [0.717, 1.165) is 18.8 Å². The van der Waals surface area contributed by atoms with Gasteiger partial charge in [-0.15, -0.1) is 0 Å². The second-order valence-electron chi connectivity index (χ2n) is 6.71. The Bertz CT molecular complexity index is 1100. The standard InChI is InChI=1S/C20H16ClF2N5O.C2H6/c21-13-11-24-28-17-10-12(27-6-8-29-9-7-27)4-5-16(17)25-19(26-20(13)28)18-14(22)2-1-3-15(18)23;1-2/h1-5,10-11H,6-9H2,(H,25,26);1-2H3. The first-order chi connectivity index (χ1) is 15.1. The predicted octanol–water partition coefficient (Wildman–Crippen LogP) is 5.17. The number of hydrogen-bond donors (Lipinski definition) is 1. The van der Waals surface area contributed by atoms with Gasteiger partial charge in [0.15, 0.2) is 5.82 Å². The molecule has 3 heterocycles. The van der Waals surface area contributed by atoms with Gasteiger partial charge in [-0.3, -0.25) is 0 Å². The number of nitrogens with one attached hydrogen (secondary N) is 1. The molecule has 0 unspecified atom stereocenters. The Morgan fingerprint density at radius 1 is 1.06 bits per heavy atom. The quantitative estimate of drug-likeness (QED) is 0.591. The number of aliphatic imine (C=N–C) groups is 1. The van der Waals surface area contributed by atoms with Crippen molar-refractivity contribution >= 4 is 34.6 Å². The second kappa shape index (κ2) is 9.03. The van der Waals surface area contributed by atoms with Crippen LogP contribution in [-0.2, 0) is 4.74 Å². The maximum absolute atomic E-state index is 14.4. The molecule has 31 heavy (non-hydrogen) atoms. The molecule has 0 amide bonds. The monoisotopic (exact) mass is 445 g/mol. The minimum absolute atomic E-state index is 0.0297. The van der Waals surface area contributed by atoms with Crippen molar-refractivity contribution in [3.63, 3.8) is 0 Å². The second-order valence-corrected chi connectivity index (χ2v) is 7.12. The van der Waals surface area contributed by atoms with Crippen LogP contribution in [0.3, 0.4) is 0 Å². The zero-order valence-electron chi connectivity index (χ0n) is 17.2. The molecule has 2 aliphatic rings. The summed E-state index contributed by atoms with van der Waals surface area (Å²) in [6.45, 7) is 6.88. The molecule has 1 aromatic heterocycles. The molecule has 3 aromatic rings. The number of halogens is 3. The van der Waals surface area contributed by atoms with Crippen LogP contribution in [0, 0.1) is 11.6 Å². The van der Waals surface area contributed by atoms with Gasteiger partial charge in [0.1, 0.15) is 22.5 Å². The van der Waals surface area contributed by atoms with E-state index in [1.54, 1.807) is 4.68 Å². The fourth-order valence-electron chi connectivity index (χ4n) is 3.52. The topological polar surface area (TPSA) is 54.7 Å². The molecule has 6 nitrogen and oxygen atoms in total. The fourth-order valence-corrected chi connectivity index (χ4v) is 3.69. The normalized spacial score (nSPS) is 15.0. The Labute approximate surface area is 184 Å². The van der Waals surface area contributed by atoms with E-state index in [-0.39, 0.29) is 16.4 Å². The molecule has 1 saturated heterocycles. The molecule has 1 N–H and O–H groups in total. The molecule has 2 aromatic carbocycles. The van der Waals surface area contributed by atoms with Gasteiger partial charge in [0.2, 0.25) is 0 Å². The van der Waals surface area contributed by atoms with E-state index >= 15 is 0 Å². The van der Waals surface area contributed by atoms with Crippen LogP contribution >= 0.6 is 11.6 Å². The zero-order valence-corrected chi connectivity index (χ0v) is 18.0. The summed E-state index contributed by atoms with van der Waals surface area (Å²) in [5, 5.41) is 7.66. The molecular formula is C22H22ClF2N5O. The summed E-state index contributed by atoms with van der Waals surface area (Å²) >= 11 is 6.28. The molecule has 5 rings (SSSR count). The molecule has 162 valence electrons. The average molecular weight is 446 g/mol. The number of benzene rings is 2. The lowest BCUT2D eigenvalue weighted by atomic mass is 10.1. The number of morpholine rings is 1. The van der Waals surface area contributed by atoms with Gasteiger partial charge in [-0.05, 0) is 30.3 Å². The summed E-state index contributed by atoms with van der Waals surface area (Å²) in [5.41, 5.74) is 2.04. The highest BCUT2D eigenvalue weighted by molar-refractivity contribution is 6.33. The number of aromatic nitrogens is 2. The highest BCUT2D eigenvalue weighted by Gasteiger charge is 2.24. The number of nitrogens with zero attached hydrogens (tertiary/aromatic N) is 4. The molecule has 0 spiro atoms. The van der Waals surface area contributed by atoms with Gasteiger partial charge in [0.25, 0.3) is 0 Å². The van der Waals surface area contributed by atoms with Crippen molar-refractivity contribution in [1.82, 2.24) is 9.78 Å². The lowest BCUT2D eigenvalue weighted by Crippen LogP contribution is -2.36. The number of rotatable bonds is 2. The molecule has 0 radical (unpaired) electrons. The van der Waals surface area contributed by atoms with Gasteiger partial charge in [-0.2, -0.15) is 5.10 Å². The van der Waals surface area contributed by atoms with E-state index in [2.05, 4.69) is 20.3 Å². The van der Waals surface area contributed by atoms with Crippen molar-refractivity contribution in [1.29, 1.82) is 0 Å². The van der Waals surface area contributed by atoms with E-state index in [9.17, 15) is 8.78 Å². The SMILES string of the molecule is CC.Fc1cccc(F)c1C1=Nc2c(Cl)cnn2-c2cc(N3CCOCC3)ccc2N1. The van der Waals surface area contributed by atoms with Crippen LogP contribution in [0.5, 0.6) is 0 Å². The molecule has 9 heteroatoms. The van der Waals surface area contributed by atoms with Gasteiger partial charge in [0, 0.05) is 18.8 Å². The summed E-state index contributed by atoms with van der Waals surface area (Å²) in [5.74, 6) is -1.10. The summed E-state index contributed by atoms with van der Waals surface area (Å²) < 4.78 is 35.8. The van der Waals surface area contributed by atoms with Crippen LogP contribution in [0.4, 0.5) is 26.0 Å². The molecule has 0 atom stereocenters. The Morgan fingerprint density at radius 2 is 1.77 bits per heavy atom. The molecule has 2 aliphatic heterocycles. The van der Waals surface area contributed by atoms with Crippen LogP contribution in [0.15, 0.2) is 47.6 Å². The molecule has 0 bridgehead atoms. The smallest absolute Gasteiger partial charge is 0.176 e. The van der Waals surface area contributed by atoms with Gasteiger partial charge < -0.3 is 15.0 Å². The maximum Gasteiger partial charge on any atom is 0.176 e. The maximum atomic E-state index is 14.4. The number of amidine groups is 1. The molecule has 1 fully saturated rings. The van der Waals surface area contributed by atoms with Crippen LogP contribution < -0.4 is 10.2 Å². The first-order valence-corrected chi connectivity index (χ1v) is 10.5. The first kappa shape index (κ1) is 21.3. The average Bonchev–Trinajstić information content (AvgIpc) is 3.07. The van der Waals surface area contributed by atoms with E-state index < -0.39 is 11.6 Å². The predicted molar refractivity (Wildman–Crippen MR) is 119 cm³/mol. The lowest BCUT2D eigenvalue weighted by Gasteiger charge is -2.29. The number of hydrogen-bond acceptors (Lipinski definition) is 5. The van der Waals surface area contributed by atoms with Crippen molar-refractivity contribution < 1.29 is 13.5 Å². The van der Waals surface area contributed by atoms with Crippen molar-refractivity contribution in [2.45, 2.75) is 13.8 Å². The molecule has 0 saturated carbocycles. The van der Waals surface area contributed by atoms with Crippen LogP contribution in [0.25, 0.3) is 5.69 Å². The minimum atomic E-state index is -0.716. The highest BCUT2D eigenvalue weighted by Crippen LogP contribution is 2.36. The fraction of sp³-hybridized carbons (Fsp3) is 0.273. The van der Waals surface area contributed by atoms with Crippen LogP contribution in [-0.4, -0.2) is 41.9 Å². The Balaban J connectivity index is 0.00000112. The van der Waals surface area contributed by atoms with E-state index in [1.165, 1.54) is 24.4 Å². The molecule has 0 aliphatic carbocycles. The van der Waals surface area contributed by atoms with Crippen molar-refractivity contribution in [3.8, 4) is 5.69 Å². The summed E-state index contributed by atoms with van der Waals surface area (Å²) in [6, 6.07) is 9.44. The Kier molecular flexibility index (Phi) is 6.20.